The molecule has 0 aliphatic carbocycles. The molecule has 2 rings (SSSR count). The molecule has 0 spiro atoms. The Morgan fingerprint density at radius 2 is 2.14 bits per heavy atom. The Balaban J connectivity index is 2.14. The SMILES string of the molecule is CCCCC(NS(=O)(=O)Cc1noc2ccccc12)C(=O)O. The minimum Gasteiger partial charge on any atom is -0.480 e. The first-order chi connectivity index (χ1) is 10.4. The van der Waals surface area contributed by atoms with Crippen LogP contribution in [0.5, 0.6) is 0 Å². The summed E-state index contributed by atoms with van der Waals surface area (Å²) < 4.78 is 31.6. The Labute approximate surface area is 128 Å². The van der Waals surface area contributed by atoms with Crippen molar-refractivity contribution < 1.29 is 22.8 Å². The van der Waals surface area contributed by atoms with Crippen molar-refractivity contribution in [1.29, 1.82) is 0 Å². The van der Waals surface area contributed by atoms with Crippen LogP contribution in [0.25, 0.3) is 11.0 Å². The molecule has 0 radical (unpaired) electrons. The maximum atomic E-state index is 12.2. The van der Waals surface area contributed by atoms with Crippen molar-refractivity contribution in [2.45, 2.75) is 38.0 Å². The highest BCUT2D eigenvalue weighted by molar-refractivity contribution is 7.88. The molecule has 1 heterocycles. The van der Waals surface area contributed by atoms with E-state index in [1.807, 2.05) is 6.92 Å². The number of aliphatic carboxylic acids is 1. The molecule has 8 heteroatoms. The van der Waals surface area contributed by atoms with Gasteiger partial charge in [0, 0.05) is 5.39 Å². The van der Waals surface area contributed by atoms with Gasteiger partial charge in [0.05, 0.1) is 0 Å². The Morgan fingerprint density at radius 1 is 1.41 bits per heavy atom. The van der Waals surface area contributed by atoms with E-state index in [0.29, 0.717) is 17.4 Å². The number of rotatable bonds is 8. The normalized spacial score (nSPS) is 13.3. The highest BCUT2D eigenvalue weighted by atomic mass is 32.2. The Kier molecular flexibility index (Phi) is 5.15. The summed E-state index contributed by atoms with van der Waals surface area (Å²) in [5.74, 6) is -1.60. The first-order valence-electron chi connectivity index (χ1n) is 6.99. The summed E-state index contributed by atoms with van der Waals surface area (Å²) >= 11 is 0. The molecule has 0 fully saturated rings. The van der Waals surface area contributed by atoms with Gasteiger partial charge in [0.25, 0.3) is 0 Å². The highest BCUT2D eigenvalue weighted by Crippen LogP contribution is 2.19. The maximum absolute atomic E-state index is 12.2. The van der Waals surface area contributed by atoms with E-state index >= 15 is 0 Å². The summed E-state index contributed by atoms with van der Waals surface area (Å²) in [4.78, 5) is 11.1. The van der Waals surface area contributed by atoms with Crippen molar-refractivity contribution in [2.75, 3.05) is 0 Å². The molecule has 120 valence electrons. The highest BCUT2D eigenvalue weighted by Gasteiger charge is 2.25. The Bertz CT molecular complexity index is 753. The van der Waals surface area contributed by atoms with Crippen LogP contribution in [-0.2, 0) is 20.6 Å². The molecule has 0 amide bonds. The number of hydrogen-bond acceptors (Lipinski definition) is 5. The smallest absolute Gasteiger partial charge is 0.321 e. The van der Waals surface area contributed by atoms with Gasteiger partial charge in [0.1, 0.15) is 17.5 Å². The van der Waals surface area contributed by atoms with Crippen LogP contribution in [0.4, 0.5) is 0 Å². The number of nitrogens with zero attached hydrogens (tertiary/aromatic N) is 1. The predicted molar refractivity (Wildman–Crippen MR) is 80.7 cm³/mol. The van der Waals surface area contributed by atoms with E-state index in [1.54, 1.807) is 24.3 Å². The molecule has 22 heavy (non-hydrogen) atoms. The van der Waals surface area contributed by atoms with E-state index in [1.165, 1.54) is 0 Å². The molecule has 2 N–H and O–H groups in total. The molecule has 7 nitrogen and oxygen atoms in total. The summed E-state index contributed by atoms with van der Waals surface area (Å²) in [7, 11) is -3.82. The van der Waals surface area contributed by atoms with Gasteiger partial charge in [-0.15, -0.1) is 0 Å². The third-order valence-electron chi connectivity index (χ3n) is 3.25. The number of carboxylic acid groups (broad SMARTS) is 1. The van der Waals surface area contributed by atoms with Gasteiger partial charge < -0.3 is 9.63 Å². The fraction of sp³-hybridized carbons (Fsp3) is 0.429. The third kappa shape index (κ3) is 4.05. The topological polar surface area (TPSA) is 110 Å². The monoisotopic (exact) mass is 326 g/mol. The van der Waals surface area contributed by atoms with Gasteiger partial charge in [0.2, 0.25) is 10.0 Å². The molecule has 0 saturated heterocycles. The van der Waals surface area contributed by atoms with Gasteiger partial charge in [-0.3, -0.25) is 4.79 Å². The first-order valence-corrected chi connectivity index (χ1v) is 8.64. The summed E-state index contributed by atoms with van der Waals surface area (Å²) in [6.07, 6.45) is 1.68. The molecule has 2 aromatic rings. The van der Waals surface area contributed by atoms with Crippen molar-refractivity contribution in [3.63, 3.8) is 0 Å². The number of sulfonamides is 1. The lowest BCUT2D eigenvalue weighted by Gasteiger charge is -2.13. The predicted octanol–water partition coefficient (Wildman–Crippen LogP) is 1.89. The largest absolute Gasteiger partial charge is 0.480 e. The number of benzene rings is 1. The number of fused-ring (bicyclic) bond motifs is 1. The first kappa shape index (κ1) is 16.4. The molecule has 1 atom stereocenters. The zero-order chi connectivity index (χ0) is 16.2. The molecule has 0 aliphatic heterocycles. The second-order valence-electron chi connectivity index (χ2n) is 5.04. The summed E-state index contributed by atoms with van der Waals surface area (Å²) in [6.45, 7) is 1.91. The van der Waals surface area contributed by atoms with Crippen molar-refractivity contribution in [3.05, 3.63) is 30.0 Å². The van der Waals surface area contributed by atoms with Crippen LogP contribution in [0.2, 0.25) is 0 Å². The quantitative estimate of drug-likeness (QED) is 0.766. The lowest BCUT2D eigenvalue weighted by molar-refractivity contribution is -0.139. The van der Waals surface area contributed by atoms with E-state index in [4.69, 9.17) is 9.63 Å². The van der Waals surface area contributed by atoms with Gasteiger partial charge >= 0.3 is 5.97 Å². The van der Waals surface area contributed by atoms with E-state index in [-0.39, 0.29) is 12.1 Å². The Hall–Kier alpha value is -1.93. The number of aromatic nitrogens is 1. The van der Waals surface area contributed by atoms with Crippen molar-refractivity contribution >= 4 is 27.0 Å². The van der Waals surface area contributed by atoms with Crippen LogP contribution in [-0.4, -0.2) is 30.7 Å². The summed E-state index contributed by atoms with van der Waals surface area (Å²) in [5.41, 5.74) is 0.760. The molecule has 0 aliphatic rings. The second-order valence-corrected chi connectivity index (χ2v) is 6.79. The van der Waals surface area contributed by atoms with Gasteiger partial charge in [-0.25, -0.2) is 13.1 Å². The molecule has 0 bridgehead atoms. The minimum atomic E-state index is -3.82. The van der Waals surface area contributed by atoms with E-state index in [2.05, 4.69) is 9.88 Å². The lowest BCUT2D eigenvalue weighted by Crippen LogP contribution is -2.41. The standard InChI is InChI=1S/C14H18N2O5S/c1-2-3-7-11(14(17)18)16-22(19,20)9-12-10-6-4-5-8-13(10)21-15-12/h4-6,8,11,16H,2-3,7,9H2,1H3,(H,17,18). The average Bonchev–Trinajstić information content (AvgIpc) is 2.86. The van der Waals surface area contributed by atoms with Gasteiger partial charge in [-0.05, 0) is 18.6 Å². The maximum Gasteiger partial charge on any atom is 0.321 e. The van der Waals surface area contributed by atoms with Crippen LogP contribution >= 0.6 is 0 Å². The summed E-state index contributed by atoms with van der Waals surface area (Å²) in [6, 6.07) is 5.79. The van der Waals surface area contributed by atoms with Gasteiger partial charge in [0.15, 0.2) is 5.58 Å². The number of hydrogen-bond donors (Lipinski definition) is 2. The van der Waals surface area contributed by atoms with Crippen LogP contribution in [0.15, 0.2) is 28.8 Å². The average molecular weight is 326 g/mol. The molecule has 1 unspecified atom stereocenters. The molecule has 1 aromatic heterocycles. The zero-order valence-electron chi connectivity index (χ0n) is 12.2. The third-order valence-corrected chi connectivity index (χ3v) is 4.54. The zero-order valence-corrected chi connectivity index (χ0v) is 13.0. The van der Waals surface area contributed by atoms with Crippen molar-refractivity contribution in [2.24, 2.45) is 0 Å². The van der Waals surface area contributed by atoms with E-state index < -0.39 is 27.8 Å². The van der Waals surface area contributed by atoms with E-state index in [0.717, 1.165) is 6.42 Å². The number of para-hydroxylation sites is 1. The summed E-state index contributed by atoms with van der Waals surface area (Å²) in [5, 5.41) is 13.5. The van der Waals surface area contributed by atoms with Crippen LogP contribution in [0, 0.1) is 0 Å². The van der Waals surface area contributed by atoms with Crippen LogP contribution < -0.4 is 4.72 Å². The number of carboxylic acids is 1. The van der Waals surface area contributed by atoms with Crippen LogP contribution in [0.1, 0.15) is 31.9 Å². The van der Waals surface area contributed by atoms with E-state index in [9.17, 15) is 13.2 Å². The van der Waals surface area contributed by atoms with Gasteiger partial charge in [-0.2, -0.15) is 0 Å². The van der Waals surface area contributed by atoms with Crippen molar-refractivity contribution in [3.8, 4) is 0 Å². The second kappa shape index (κ2) is 6.89. The number of nitrogens with one attached hydrogen (secondary N) is 1. The minimum absolute atomic E-state index is 0.255. The van der Waals surface area contributed by atoms with Crippen LogP contribution in [0.3, 0.4) is 0 Å². The Morgan fingerprint density at radius 3 is 2.82 bits per heavy atom. The molecule has 0 saturated carbocycles. The number of unbranched alkanes of at least 4 members (excludes halogenated alkanes) is 1. The molecular formula is C14H18N2O5S. The fourth-order valence-electron chi connectivity index (χ4n) is 2.12. The molecule has 1 aromatic carbocycles. The molecular weight excluding hydrogens is 308 g/mol. The fourth-order valence-corrected chi connectivity index (χ4v) is 3.43. The number of carbonyl (C=O) groups is 1. The van der Waals surface area contributed by atoms with Crippen molar-refractivity contribution in [1.82, 2.24) is 9.88 Å². The van der Waals surface area contributed by atoms with Gasteiger partial charge in [-0.1, -0.05) is 37.1 Å². The lowest BCUT2D eigenvalue weighted by atomic mass is 10.1.